The normalized spacial score (nSPS) is 12.4. The molecule has 1 unspecified atom stereocenters. The molecule has 0 aromatic heterocycles. The number of benzene rings is 1. The molecule has 0 saturated heterocycles. The second kappa shape index (κ2) is 7.79. The summed E-state index contributed by atoms with van der Waals surface area (Å²) in [5.74, 6) is 0.0236. The standard InChI is InChI=1S/C15H25N3O/c1-4-12(2)18(3)11-7-10-15(19)17-14-9-6-5-8-13(14)16/h5-6,8-9,12H,4,7,10-11,16H2,1-3H3,(H,17,19). The number of amides is 1. The van der Waals surface area contributed by atoms with Gasteiger partial charge in [-0.2, -0.15) is 0 Å². The van der Waals surface area contributed by atoms with Gasteiger partial charge in [-0.3, -0.25) is 4.79 Å². The molecule has 1 rings (SSSR count). The van der Waals surface area contributed by atoms with Gasteiger partial charge >= 0.3 is 0 Å². The van der Waals surface area contributed by atoms with Gasteiger partial charge in [-0.1, -0.05) is 19.1 Å². The van der Waals surface area contributed by atoms with Crippen molar-refractivity contribution in [2.75, 3.05) is 24.6 Å². The van der Waals surface area contributed by atoms with Crippen LogP contribution in [0.3, 0.4) is 0 Å². The molecule has 106 valence electrons. The smallest absolute Gasteiger partial charge is 0.224 e. The van der Waals surface area contributed by atoms with Crippen molar-refractivity contribution in [1.82, 2.24) is 4.90 Å². The largest absolute Gasteiger partial charge is 0.397 e. The number of carbonyl (C=O) groups is 1. The zero-order valence-electron chi connectivity index (χ0n) is 12.1. The van der Waals surface area contributed by atoms with E-state index in [0.717, 1.165) is 19.4 Å². The van der Waals surface area contributed by atoms with Crippen molar-refractivity contribution in [3.05, 3.63) is 24.3 Å². The maximum atomic E-state index is 11.8. The Balaban J connectivity index is 2.31. The third-order valence-corrected chi connectivity index (χ3v) is 3.49. The zero-order chi connectivity index (χ0) is 14.3. The van der Waals surface area contributed by atoms with Crippen molar-refractivity contribution in [1.29, 1.82) is 0 Å². The lowest BCUT2D eigenvalue weighted by molar-refractivity contribution is -0.116. The van der Waals surface area contributed by atoms with E-state index >= 15 is 0 Å². The van der Waals surface area contributed by atoms with E-state index in [0.29, 0.717) is 23.8 Å². The van der Waals surface area contributed by atoms with Crippen LogP contribution in [-0.2, 0) is 4.79 Å². The Hall–Kier alpha value is -1.55. The van der Waals surface area contributed by atoms with Crippen LogP contribution in [0.4, 0.5) is 11.4 Å². The molecular weight excluding hydrogens is 238 g/mol. The maximum Gasteiger partial charge on any atom is 0.224 e. The maximum absolute atomic E-state index is 11.8. The number of nitrogens with zero attached hydrogens (tertiary/aromatic N) is 1. The van der Waals surface area contributed by atoms with Crippen LogP contribution >= 0.6 is 0 Å². The molecular formula is C15H25N3O. The number of nitrogen functional groups attached to an aromatic ring is 1. The number of hydrogen-bond donors (Lipinski definition) is 2. The summed E-state index contributed by atoms with van der Waals surface area (Å²) in [4.78, 5) is 14.1. The minimum Gasteiger partial charge on any atom is -0.397 e. The number of hydrogen-bond acceptors (Lipinski definition) is 3. The number of nitrogens with one attached hydrogen (secondary N) is 1. The topological polar surface area (TPSA) is 58.4 Å². The summed E-state index contributed by atoms with van der Waals surface area (Å²) < 4.78 is 0. The molecule has 0 radical (unpaired) electrons. The van der Waals surface area contributed by atoms with Gasteiger partial charge in [-0.25, -0.2) is 0 Å². The van der Waals surface area contributed by atoms with Crippen LogP contribution in [0.1, 0.15) is 33.1 Å². The number of nitrogens with two attached hydrogens (primary N) is 1. The molecule has 0 heterocycles. The summed E-state index contributed by atoms with van der Waals surface area (Å²) in [7, 11) is 2.10. The Kier molecular flexibility index (Phi) is 6.36. The van der Waals surface area contributed by atoms with E-state index < -0.39 is 0 Å². The van der Waals surface area contributed by atoms with Gasteiger partial charge in [0.05, 0.1) is 11.4 Å². The van der Waals surface area contributed by atoms with Crippen molar-refractivity contribution in [2.24, 2.45) is 0 Å². The molecule has 1 amide bonds. The highest BCUT2D eigenvalue weighted by atomic mass is 16.1. The van der Waals surface area contributed by atoms with E-state index in [9.17, 15) is 4.79 Å². The average Bonchev–Trinajstić information content (AvgIpc) is 2.40. The van der Waals surface area contributed by atoms with E-state index in [-0.39, 0.29) is 5.91 Å². The van der Waals surface area contributed by atoms with Crippen LogP contribution in [-0.4, -0.2) is 30.4 Å². The molecule has 1 atom stereocenters. The van der Waals surface area contributed by atoms with Crippen molar-refractivity contribution >= 4 is 17.3 Å². The highest BCUT2D eigenvalue weighted by Gasteiger charge is 2.08. The SMILES string of the molecule is CCC(C)N(C)CCCC(=O)Nc1ccccc1N. The molecule has 0 saturated carbocycles. The number of rotatable bonds is 7. The lowest BCUT2D eigenvalue weighted by Crippen LogP contribution is -2.29. The van der Waals surface area contributed by atoms with Gasteiger partial charge in [-0.05, 0) is 45.5 Å². The molecule has 4 heteroatoms. The Bertz CT molecular complexity index is 406. The molecule has 0 aliphatic rings. The highest BCUT2D eigenvalue weighted by molar-refractivity contribution is 5.93. The van der Waals surface area contributed by atoms with Crippen molar-refractivity contribution < 1.29 is 4.79 Å². The quantitative estimate of drug-likeness (QED) is 0.744. The van der Waals surface area contributed by atoms with Gasteiger partial charge < -0.3 is 16.0 Å². The fourth-order valence-corrected chi connectivity index (χ4v) is 1.84. The molecule has 1 aromatic carbocycles. The van der Waals surface area contributed by atoms with Gasteiger partial charge in [0.1, 0.15) is 0 Å². The summed E-state index contributed by atoms with van der Waals surface area (Å²) in [5.41, 5.74) is 7.08. The number of para-hydroxylation sites is 2. The first-order valence-corrected chi connectivity index (χ1v) is 6.89. The van der Waals surface area contributed by atoms with Crippen molar-refractivity contribution in [3.8, 4) is 0 Å². The van der Waals surface area contributed by atoms with Crippen LogP contribution in [0.5, 0.6) is 0 Å². The number of anilines is 2. The van der Waals surface area contributed by atoms with E-state index in [1.807, 2.05) is 18.2 Å². The molecule has 0 fully saturated rings. The van der Waals surface area contributed by atoms with E-state index in [1.165, 1.54) is 0 Å². The van der Waals surface area contributed by atoms with Gasteiger partial charge in [0.2, 0.25) is 5.91 Å². The lowest BCUT2D eigenvalue weighted by atomic mass is 10.2. The second-order valence-electron chi connectivity index (χ2n) is 4.98. The minimum atomic E-state index is 0.0236. The predicted octanol–water partition coefficient (Wildman–Crippen LogP) is 2.72. The van der Waals surface area contributed by atoms with Crippen LogP contribution in [0.15, 0.2) is 24.3 Å². The third kappa shape index (κ3) is 5.30. The van der Waals surface area contributed by atoms with Crippen LogP contribution in [0.25, 0.3) is 0 Å². The predicted molar refractivity (Wildman–Crippen MR) is 81.1 cm³/mol. The fraction of sp³-hybridized carbons (Fsp3) is 0.533. The second-order valence-corrected chi connectivity index (χ2v) is 4.98. The van der Waals surface area contributed by atoms with E-state index in [4.69, 9.17) is 5.73 Å². The molecule has 4 nitrogen and oxygen atoms in total. The molecule has 1 aromatic rings. The summed E-state index contributed by atoms with van der Waals surface area (Å²) in [5, 5.41) is 2.84. The van der Waals surface area contributed by atoms with Gasteiger partial charge in [0.15, 0.2) is 0 Å². The van der Waals surface area contributed by atoms with Gasteiger partial charge in [0, 0.05) is 12.5 Å². The summed E-state index contributed by atoms with van der Waals surface area (Å²) in [6.07, 6.45) is 2.51. The first kappa shape index (κ1) is 15.5. The van der Waals surface area contributed by atoms with Crippen molar-refractivity contribution in [2.45, 2.75) is 39.2 Å². The lowest BCUT2D eigenvalue weighted by Gasteiger charge is -2.23. The zero-order valence-corrected chi connectivity index (χ0v) is 12.1. The van der Waals surface area contributed by atoms with Gasteiger partial charge in [-0.15, -0.1) is 0 Å². The molecule has 0 spiro atoms. The fourth-order valence-electron chi connectivity index (χ4n) is 1.84. The first-order valence-electron chi connectivity index (χ1n) is 6.89. The molecule has 0 aliphatic carbocycles. The first-order chi connectivity index (χ1) is 9.04. The highest BCUT2D eigenvalue weighted by Crippen LogP contribution is 2.17. The molecule has 0 bridgehead atoms. The monoisotopic (exact) mass is 263 g/mol. The van der Waals surface area contributed by atoms with E-state index in [2.05, 4.69) is 31.1 Å². The van der Waals surface area contributed by atoms with Crippen LogP contribution in [0, 0.1) is 0 Å². The number of carbonyl (C=O) groups excluding carboxylic acids is 1. The van der Waals surface area contributed by atoms with E-state index in [1.54, 1.807) is 6.07 Å². The minimum absolute atomic E-state index is 0.0236. The summed E-state index contributed by atoms with van der Waals surface area (Å²) in [6, 6.07) is 7.88. The summed E-state index contributed by atoms with van der Waals surface area (Å²) in [6.45, 7) is 5.31. The third-order valence-electron chi connectivity index (χ3n) is 3.49. The Morgan fingerprint density at radius 3 is 2.74 bits per heavy atom. The Morgan fingerprint density at radius 2 is 2.11 bits per heavy atom. The Labute approximate surface area is 116 Å². The molecule has 3 N–H and O–H groups in total. The van der Waals surface area contributed by atoms with Crippen molar-refractivity contribution in [3.63, 3.8) is 0 Å². The summed E-state index contributed by atoms with van der Waals surface area (Å²) >= 11 is 0. The van der Waals surface area contributed by atoms with Crippen LogP contribution < -0.4 is 11.1 Å². The average molecular weight is 263 g/mol. The van der Waals surface area contributed by atoms with Gasteiger partial charge in [0.25, 0.3) is 0 Å². The molecule has 0 aliphatic heterocycles. The Morgan fingerprint density at radius 1 is 1.42 bits per heavy atom. The van der Waals surface area contributed by atoms with Crippen LogP contribution in [0.2, 0.25) is 0 Å². The molecule has 19 heavy (non-hydrogen) atoms.